The summed E-state index contributed by atoms with van der Waals surface area (Å²) in [4.78, 5) is 8.60. The zero-order valence-corrected chi connectivity index (χ0v) is 14.8. The molecule has 2 aromatic rings. The Labute approximate surface area is 141 Å². The number of nitrogens with two attached hydrogens (primary N) is 1. The third-order valence-electron chi connectivity index (χ3n) is 2.48. The quantitative estimate of drug-likeness (QED) is 0.470. The molecule has 0 saturated heterocycles. The summed E-state index contributed by atoms with van der Waals surface area (Å²) in [6.45, 7) is 6.62. The fourth-order valence-electron chi connectivity index (χ4n) is 1.69. The highest BCUT2D eigenvalue weighted by molar-refractivity contribution is 14.0. The van der Waals surface area contributed by atoms with Crippen molar-refractivity contribution in [1.82, 2.24) is 20.1 Å². The second-order valence-electron chi connectivity index (χ2n) is 5.55. The van der Waals surface area contributed by atoms with E-state index >= 15 is 0 Å². The van der Waals surface area contributed by atoms with Crippen molar-refractivity contribution < 1.29 is 0 Å². The molecule has 6 nitrogen and oxygen atoms in total. The van der Waals surface area contributed by atoms with Crippen LogP contribution in [0.5, 0.6) is 0 Å². The van der Waals surface area contributed by atoms with Gasteiger partial charge in [0.15, 0.2) is 11.8 Å². The van der Waals surface area contributed by atoms with E-state index in [1.165, 1.54) is 0 Å². The van der Waals surface area contributed by atoms with Crippen LogP contribution in [-0.4, -0.2) is 26.3 Å². The van der Waals surface area contributed by atoms with Crippen LogP contribution in [0.25, 0.3) is 5.82 Å². The van der Waals surface area contributed by atoms with Gasteiger partial charge in [0.05, 0.1) is 6.54 Å². The lowest BCUT2D eigenvalue weighted by atomic mass is 10.1. The lowest BCUT2D eigenvalue weighted by Gasteiger charge is -2.20. The van der Waals surface area contributed by atoms with Gasteiger partial charge in [-0.3, -0.25) is 0 Å². The van der Waals surface area contributed by atoms with E-state index in [2.05, 4.69) is 20.4 Å². The van der Waals surface area contributed by atoms with Crippen molar-refractivity contribution in [2.24, 2.45) is 10.7 Å². The lowest BCUT2D eigenvalue weighted by Crippen LogP contribution is -2.44. The SMILES string of the molecule is CC(C)(C)NC(N)=NCc1ccnc(-n2cccn2)c1.I. The second-order valence-corrected chi connectivity index (χ2v) is 5.55. The van der Waals surface area contributed by atoms with E-state index in [-0.39, 0.29) is 29.5 Å². The first kappa shape index (κ1) is 17.4. The number of hydrogen-bond acceptors (Lipinski definition) is 3. The number of aromatic nitrogens is 3. The van der Waals surface area contributed by atoms with Crippen LogP contribution in [-0.2, 0) is 6.54 Å². The Morgan fingerprint density at radius 3 is 2.76 bits per heavy atom. The Morgan fingerprint density at radius 2 is 2.14 bits per heavy atom. The molecule has 2 rings (SSSR count). The number of rotatable bonds is 3. The minimum Gasteiger partial charge on any atom is -0.370 e. The molecule has 0 radical (unpaired) electrons. The topological polar surface area (TPSA) is 81.1 Å². The molecule has 0 saturated carbocycles. The molecule has 21 heavy (non-hydrogen) atoms. The Hall–Kier alpha value is -1.64. The first-order valence-electron chi connectivity index (χ1n) is 6.47. The van der Waals surface area contributed by atoms with E-state index in [1.807, 2.05) is 45.2 Å². The minimum absolute atomic E-state index is 0. The molecule has 2 heterocycles. The van der Waals surface area contributed by atoms with Crippen LogP contribution in [0.1, 0.15) is 26.3 Å². The molecule has 0 fully saturated rings. The fraction of sp³-hybridized carbons (Fsp3) is 0.357. The van der Waals surface area contributed by atoms with Crippen molar-refractivity contribution in [3.05, 3.63) is 42.4 Å². The van der Waals surface area contributed by atoms with Gasteiger partial charge >= 0.3 is 0 Å². The summed E-state index contributed by atoms with van der Waals surface area (Å²) in [6.07, 6.45) is 5.32. The molecule has 114 valence electrons. The normalized spacial score (nSPS) is 11.9. The van der Waals surface area contributed by atoms with E-state index in [0.29, 0.717) is 12.5 Å². The van der Waals surface area contributed by atoms with Gasteiger partial charge in [-0.05, 0) is 44.5 Å². The van der Waals surface area contributed by atoms with Gasteiger partial charge in [0, 0.05) is 24.1 Å². The van der Waals surface area contributed by atoms with E-state index < -0.39 is 0 Å². The van der Waals surface area contributed by atoms with Crippen LogP contribution < -0.4 is 11.1 Å². The maximum absolute atomic E-state index is 5.85. The van der Waals surface area contributed by atoms with E-state index in [0.717, 1.165) is 11.4 Å². The van der Waals surface area contributed by atoms with Crippen LogP contribution in [0.15, 0.2) is 41.8 Å². The van der Waals surface area contributed by atoms with Crippen LogP contribution in [0.4, 0.5) is 0 Å². The van der Waals surface area contributed by atoms with Gasteiger partial charge in [-0.25, -0.2) is 14.7 Å². The molecule has 0 amide bonds. The Bertz CT molecular complexity index is 586. The molecular weight excluding hydrogens is 379 g/mol. The van der Waals surface area contributed by atoms with Gasteiger partial charge in [0.2, 0.25) is 0 Å². The van der Waals surface area contributed by atoms with Gasteiger partial charge < -0.3 is 11.1 Å². The van der Waals surface area contributed by atoms with Crippen molar-refractivity contribution in [2.75, 3.05) is 0 Å². The molecule has 2 aromatic heterocycles. The largest absolute Gasteiger partial charge is 0.370 e. The van der Waals surface area contributed by atoms with Gasteiger partial charge in [-0.2, -0.15) is 5.10 Å². The van der Waals surface area contributed by atoms with Crippen molar-refractivity contribution in [3.8, 4) is 5.82 Å². The molecular formula is C14H21IN6. The van der Waals surface area contributed by atoms with E-state index in [4.69, 9.17) is 5.73 Å². The zero-order valence-electron chi connectivity index (χ0n) is 12.4. The molecule has 0 atom stereocenters. The number of aliphatic imine (C=N–C) groups is 1. The Morgan fingerprint density at radius 1 is 1.38 bits per heavy atom. The number of hydrogen-bond donors (Lipinski definition) is 2. The van der Waals surface area contributed by atoms with Gasteiger partial charge in [-0.15, -0.1) is 24.0 Å². The van der Waals surface area contributed by atoms with Gasteiger partial charge in [0.1, 0.15) is 0 Å². The van der Waals surface area contributed by atoms with Gasteiger partial charge in [-0.1, -0.05) is 0 Å². The molecule has 0 aliphatic carbocycles. The van der Waals surface area contributed by atoms with Crippen molar-refractivity contribution in [1.29, 1.82) is 0 Å². The highest BCUT2D eigenvalue weighted by Crippen LogP contribution is 2.07. The molecule has 3 N–H and O–H groups in total. The third kappa shape index (κ3) is 5.70. The van der Waals surface area contributed by atoms with Crippen LogP contribution in [0, 0.1) is 0 Å². The van der Waals surface area contributed by atoms with Crippen LogP contribution in [0.3, 0.4) is 0 Å². The first-order chi connectivity index (χ1) is 9.44. The Balaban J connectivity index is 0.00000220. The highest BCUT2D eigenvalue weighted by atomic mass is 127. The van der Waals surface area contributed by atoms with Crippen LogP contribution >= 0.6 is 24.0 Å². The summed E-state index contributed by atoms with van der Waals surface area (Å²) in [5, 5.41) is 7.28. The first-order valence-corrected chi connectivity index (χ1v) is 6.47. The number of nitrogens with zero attached hydrogens (tertiary/aromatic N) is 4. The lowest BCUT2D eigenvalue weighted by molar-refractivity contribution is 0.508. The average molecular weight is 400 g/mol. The zero-order chi connectivity index (χ0) is 14.6. The molecule has 0 unspecified atom stereocenters. The highest BCUT2D eigenvalue weighted by Gasteiger charge is 2.09. The third-order valence-corrected chi connectivity index (χ3v) is 2.48. The minimum atomic E-state index is -0.0912. The smallest absolute Gasteiger partial charge is 0.189 e. The molecule has 0 bridgehead atoms. The number of pyridine rings is 1. The standard InChI is InChI=1S/C14H20N6.HI/c1-14(2,3)19-13(15)17-10-11-5-7-16-12(9-11)20-8-4-6-18-20;/h4-9H,10H2,1-3H3,(H3,15,17,19);1H. The second kappa shape index (κ2) is 7.39. The monoisotopic (exact) mass is 400 g/mol. The summed E-state index contributed by atoms with van der Waals surface area (Å²) in [5.74, 6) is 1.21. The molecule has 0 spiro atoms. The van der Waals surface area contributed by atoms with E-state index in [9.17, 15) is 0 Å². The molecule has 0 aliphatic heterocycles. The summed E-state index contributed by atoms with van der Waals surface area (Å²) in [7, 11) is 0. The summed E-state index contributed by atoms with van der Waals surface area (Å²) >= 11 is 0. The predicted molar refractivity (Wildman–Crippen MR) is 95.0 cm³/mol. The summed E-state index contributed by atoms with van der Waals surface area (Å²) in [6, 6.07) is 5.72. The number of nitrogens with one attached hydrogen (secondary N) is 1. The Kier molecular flexibility index (Phi) is 6.13. The number of guanidine groups is 1. The predicted octanol–water partition coefficient (Wildman–Crippen LogP) is 2.09. The molecule has 7 heteroatoms. The number of halogens is 1. The average Bonchev–Trinajstić information content (AvgIpc) is 2.88. The summed E-state index contributed by atoms with van der Waals surface area (Å²) < 4.78 is 1.71. The molecule has 0 aliphatic rings. The maximum Gasteiger partial charge on any atom is 0.189 e. The molecule has 0 aromatic carbocycles. The van der Waals surface area contributed by atoms with Crippen molar-refractivity contribution in [3.63, 3.8) is 0 Å². The van der Waals surface area contributed by atoms with Crippen LogP contribution in [0.2, 0.25) is 0 Å². The van der Waals surface area contributed by atoms with E-state index in [1.54, 1.807) is 17.1 Å². The van der Waals surface area contributed by atoms with Crippen molar-refractivity contribution in [2.45, 2.75) is 32.9 Å². The van der Waals surface area contributed by atoms with Crippen molar-refractivity contribution >= 4 is 29.9 Å². The maximum atomic E-state index is 5.85. The van der Waals surface area contributed by atoms with Gasteiger partial charge in [0.25, 0.3) is 0 Å². The fourth-order valence-corrected chi connectivity index (χ4v) is 1.69. The summed E-state index contributed by atoms with van der Waals surface area (Å²) in [5.41, 5.74) is 6.79.